The van der Waals surface area contributed by atoms with E-state index in [9.17, 15) is 14.7 Å². The third-order valence-electron chi connectivity index (χ3n) is 7.95. The molecule has 0 aromatic rings. The lowest BCUT2D eigenvalue weighted by molar-refractivity contribution is -0.175. The fourth-order valence-electron chi connectivity index (χ4n) is 6.82. The molecule has 3 nitrogen and oxygen atoms in total. The summed E-state index contributed by atoms with van der Waals surface area (Å²) < 4.78 is 0. The van der Waals surface area contributed by atoms with Gasteiger partial charge in [0.15, 0.2) is 5.78 Å². The maximum absolute atomic E-state index is 13.0. The molecule has 1 N–H and O–H groups in total. The van der Waals surface area contributed by atoms with Gasteiger partial charge in [-0.05, 0) is 68.3 Å². The Labute approximate surface area is 137 Å². The number of carbonyl (C=O) groups excluding carboxylic acids is 1. The topological polar surface area (TPSA) is 54.4 Å². The summed E-state index contributed by atoms with van der Waals surface area (Å²) >= 11 is 0. The smallest absolute Gasteiger partial charge is 0.309 e. The van der Waals surface area contributed by atoms with E-state index in [2.05, 4.69) is 19.6 Å². The first-order chi connectivity index (χ1) is 10.8. The normalized spacial score (nSPS) is 48.5. The first-order valence-electron chi connectivity index (χ1n) is 8.95. The largest absolute Gasteiger partial charge is 0.481 e. The predicted octanol–water partition coefficient (Wildman–Crippen LogP) is 4.14. The van der Waals surface area contributed by atoms with E-state index in [1.807, 2.05) is 6.92 Å². The second kappa shape index (κ2) is 4.37. The van der Waals surface area contributed by atoms with E-state index in [0.29, 0.717) is 0 Å². The molecule has 0 amide bonds. The minimum Gasteiger partial charge on any atom is -0.481 e. The Morgan fingerprint density at radius 2 is 1.96 bits per heavy atom. The van der Waals surface area contributed by atoms with Crippen LogP contribution in [0.2, 0.25) is 0 Å². The van der Waals surface area contributed by atoms with Crippen LogP contribution in [-0.2, 0) is 9.59 Å². The Hall–Kier alpha value is -1.38. The van der Waals surface area contributed by atoms with Gasteiger partial charge >= 0.3 is 5.97 Å². The number of hydrogen-bond donors (Lipinski definition) is 1. The van der Waals surface area contributed by atoms with Crippen LogP contribution in [0, 0.1) is 28.1 Å². The van der Waals surface area contributed by atoms with Crippen molar-refractivity contribution in [2.75, 3.05) is 0 Å². The van der Waals surface area contributed by atoms with Crippen LogP contribution < -0.4 is 0 Å². The third kappa shape index (κ3) is 1.61. The number of fused-ring (bicyclic) bond motifs is 2. The molecule has 0 radical (unpaired) electrons. The molecule has 5 atom stereocenters. The number of hydrogen-bond acceptors (Lipinski definition) is 2. The molecule has 2 fully saturated rings. The molecule has 0 aromatic carbocycles. The van der Waals surface area contributed by atoms with Crippen LogP contribution in [0.4, 0.5) is 0 Å². The molecule has 0 heterocycles. The molecule has 124 valence electrons. The number of Topliss-reactive ketones (excluding diaryl/α,β-unsaturated/α-hetero) is 1. The Morgan fingerprint density at radius 3 is 2.65 bits per heavy atom. The van der Waals surface area contributed by atoms with Crippen LogP contribution >= 0.6 is 0 Å². The Balaban J connectivity index is 1.82. The Bertz CT molecular complexity index is 660. The minimum absolute atomic E-state index is 0.0497. The molecule has 0 aliphatic heterocycles. The number of allylic oxidation sites excluding steroid dienone is 3. The van der Waals surface area contributed by atoms with Crippen LogP contribution in [-0.4, -0.2) is 16.9 Å². The van der Waals surface area contributed by atoms with Crippen LogP contribution in [0.15, 0.2) is 23.8 Å². The van der Waals surface area contributed by atoms with Crippen molar-refractivity contribution < 1.29 is 14.7 Å². The molecule has 4 rings (SSSR count). The fraction of sp³-hybridized carbons (Fsp3) is 0.700. The fourth-order valence-corrected chi connectivity index (χ4v) is 6.82. The number of rotatable bonds is 1. The van der Waals surface area contributed by atoms with Crippen LogP contribution in [0.25, 0.3) is 0 Å². The Morgan fingerprint density at radius 1 is 1.22 bits per heavy atom. The molecule has 4 aliphatic carbocycles. The van der Waals surface area contributed by atoms with Crippen molar-refractivity contribution in [1.82, 2.24) is 0 Å². The maximum Gasteiger partial charge on any atom is 0.309 e. The van der Waals surface area contributed by atoms with Gasteiger partial charge in [0.25, 0.3) is 0 Å². The van der Waals surface area contributed by atoms with Crippen molar-refractivity contribution in [1.29, 1.82) is 0 Å². The van der Waals surface area contributed by atoms with Gasteiger partial charge in [-0.15, -0.1) is 0 Å². The van der Waals surface area contributed by atoms with Crippen LogP contribution in [0.3, 0.4) is 0 Å². The van der Waals surface area contributed by atoms with Gasteiger partial charge in [-0.1, -0.05) is 26.0 Å². The van der Waals surface area contributed by atoms with Crippen LogP contribution in [0.1, 0.15) is 58.8 Å². The first kappa shape index (κ1) is 15.2. The van der Waals surface area contributed by atoms with Gasteiger partial charge in [0, 0.05) is 5.57 Å². The number of carboxylic acid groups (broad SMARTS) is 1. The molecule has 1 spiro atoms. The highest BCUT2D eigenvalue weighted by atomic mass is 16.4. The molecule has 0 saturated heterocycles. The molecular formula is C20H26O3. The van der Waals surface area contributed by atoms with Gasteiger partial charge in [0.05, 0.1) is 10.8 Å². The van der Waals surface area contributed by atoms with Crippen molar-refractivity contribution in [3.05, 3.63) is 23.8 Å². The summed E-state index contributed by atoms with van der Waals surface area (Å²) in [6.45, 7) is 8.25. The molecule has 2 bridgehead atoms. The van der Waals surface area contributed by atoms with Crippen molar-refractivity contribution in [2.45, 2.75) is 58.8 Å². The summed E-state index contributed by atoms with van der Waals surface area (Å²) in [7, 11) is 0. The molecule has 4 aliphatic rings. The molecule has 23 heavy (non-hydrogen) atoms. The highest BCUT2D eigenvalue weighted by Gasteiger charge is 2.66. The summed E-state index contributed by atoms with van der Waals surface area (Å²) in [5.74, 6) is 0.0348. The lowest BCUT2D eigenvalue weighted by Crippen LogP contribution is -2.59. The first-order valence-corrected chi connectivity index (χ1v) is 8.95. The molecule has 2 saturated carbocycles. The summed E-state index contributed by atoms with van der Waals surface area (Å²) in [6.07, 6.45) is 8.59. The van der Waals surface area contributed by atoms with E-state index in [4.69, 9.17) is 0 Å². The van der Waals surface area contributed by atoms with E-state index in [1.54, 1.807) is 0 Å². The summed E-state index contributed by atoms with van der Waals surface area (Å²) in [4.78, 5) is 25.0. The molecule has 5 unspecified atom stereocenters. The number of carbonyl (C=O) groups is 2. The average molecular weight is 314 g/mol. The van der Waals surface area contributed by atoms with Gasteiger partial charge < -0.3 is 5.11 Å². The second-order valence-corrected chi connectivity index (χ2v) is 8.78. The van der Waals surface area contributed by atoms with Crippen molar-refractivity contribution >= 4 is 11.8 Å². The predicted molar refractivity (Wildman–Crippen MR) is 87.8 cm³/mol. The molecular weight excluding hydrogens is 288 g/mol. The summed E-state index contributed by atoms with van der Waals surface area (Å²) in [6, 6.07) is 0. The molecule has 3 heteroatoms. The van der Waals surface area contributed by atoms with Gasteiger partial charge in [0.2, 0.25) is 0 Å². The van der Waals surface area contributed by atoms with Gasteiger partial charge in [-0.3, -0.25) is 9.59 Å². The lowest BCUT2D eigenvalue weighted by Gasteiger charge is -2.61. The number of carboxylic acids is 1. The Kier molecular flexibility index (Phi) is 2.88. The molecule has 0 aromatic heterocycles. The highest BCUT2D eigenvalue weighted by molar-refractivity contribution is 6.08. The van der Waals surface area contributed by atoms with E-state index in [-0.39, 0.29) is 28.4 Å². The van der Waals surface area contributed by atoms with Gasteiger partial charge in [-0.2, -0.15) is 0 Å². The zero-order chi connectivity index (χ0) is 16.6. The van der Waals surface area contributed by atoms with E-state index < -0.39 is 11.4 Å². The van der Waals surface area contributed by atoms with E-state index >= 15 is 0 Å². The zero-order valence-electron chi connectivity index (χ0n) is 14.2. The quantitative estimate of drug-likeness (QED) is 0.740. The van der Waals surface area contributed by atoms with E-state index in [0.717, 1.165) is 56.1 Å². The maximum atomic E-state index is 13.0. The second-order valence-electron chi connectivity index (χ2n) is 8.78. The van der Waals surface area contributed by atoms with Gasteiger partial charge in [-0.25, -0.2) is 0 Å². The van der Waals surface area contributed by atoms with Crippen molar-refractivity contribution in [3.8, 4) is 0 Å². The standard InChI is InChI=1S/C20H26O3/c1-12-13-5-6-15-18(2)8-4-9-19(3,17(22)23)14(18)7-10-20(15,11-13)16(12)21/h11,14-15H,1,4-10H2,2-3H3,(H,22,23). The highest BCUT2D eigenvalue weighted by Crippen LogP contribution is 2.69. The van der Waals surface area contributed by atoms with Gasteiger partial charge in [0.1, 0.15) is 0 Å². The number of aliphatic carboxylic acids is 1. The SMILES string of the molecule is C=C1C(=O)C23C=C1CCC2C1(C)CCCC(C)(C(=O)O)C1CC3. The average Bonchev–Trinajstić information content (AvgIpc) is 2.68. The monoisotopic (exact) mass is 314 g/mol. The number of ketones is 1. The van der Waals surface area contributed by atoms with E-state index in [1.165, 1.54) is 0 Å². The van der Waals surface area contributed by atoms with Crippen LogP contribution in [0.5, 0.6) is 0 Å². The third-order valence-corrected chi connectivity index (χ3v) is 7.95. The summed E-state index contributed by atoms with van der Waals surface area (Å²) in [5.41, 5.74) is 0.826. The van der Waals surface area contributed by atoms with Crippen molar-refractivity contribution in [2.24, 2.45) is 28.1 Å². The zero-order valence-corrected chi connectivity index (χ0v) is 14.2. The summed E-state index contributed by atoms with van der Waals surface area (Å²) in [5, 5.41) is 9.88. The van der Waals surface area contributed by atoms with Crippen molar-refractivity contribution in [3.63, 3.8) is 0 Å². The minimum atomic E-state index is -0.654. The lowest BCUT2D eigenvalue weighted by atomic mass is 9.41.